The number of H-pyrrole nitrogens is 1. The van der Waals surface area contributed by atoms with Crippen molar-refractivity contribution in [2.45, 2.75) is 11.1 Å². The van der Waals surface area contributed by atoms with Crippen LogP contribution in [0.5, 0.6) is 0 Å². The Morgan fingerprint density at radius 3 is 2.26 bits per heavy atom. The van der Waals surface area contributed by atoms with E-state index >= 15 is 0 Å². The summed E-state index contributed by atoms with van der Waals surface area (Å²) in [4.78, 5) is -0.408. The first-order valence-electron chi connectivity index (χ1n) is 8.69. The average molecular weight is 470 g/mol. The van der Waals surface area contributed by atoms with Gasteiger partial charge in [-0.05, 0) is 35.9 Å². The fourth-order valence-electron chi connectivity index (χ4n) is 3.01. The number of aromatic nitrogens is 2. The summed E-state index contributed by atoms with van der Waals surface area (Å²) in [5.74, 6) is -1.03. The average Bonchev–Trinajstić information content (AvgIpc) is 3.13. The lowest BCUT2D eigenvalue weighted by atomic mass is 10.0. The highest BCUT2D eigenvalue weighted by molar-refractivity contribution is 7.92. The summed E-state index contributed by atoms with van der Waals surface area (Å²) < 4.78 is 80.4. The highest BCUT2D eigenvalue weighted by Crippen LogP contribution is 2.37. The number of anilines is 1. The smallest absolute Gasteiger partial charge is 0.273 e. The van der Waals surface area contributed by atoms with Crippen LogP contribution < -0.4 is 4.72 Å². The topological polar surface area (TPSA) is 74.8 Å². The van der Waals surface area contributed by atoms with Gasteiger partial charge in [0.2, 0.25) is 0 Å². The normalized spacial score (nSPS) is 12.3. The van der Waals surface area contributed by atoms with Gasteiger partial charge >= 0.3 is 6.18 Å². The molecule has 0 bridgehead atoms. The van der Waals surface area contributed by atoms with Gasteiger partial charge in [0, 0.05) is 10.9 Å². The molecule has 11 heteroatoms. The van der Waals surface area contributed by atoms with Gasteiger partial charge in [-0.25, -0.2) is 12.8 Å². The van der Waals surface area contributed by atoms with Crippen LogP contribution in [0.25, 0.3) is 22.0 Å². The number of sulfonamides is 1. The quantitative estimate of drug-likeness (QED) is 0.369. The lowest BCUT2D eigenvalue weighted by Crippen LogP contribution is -2.14. The first kappa shape index (κ1) is 21.1. The zero-order valence-corrected chi connectivity index (χ0v) is 16.9. The van der Waals surface area contributed by atoms with E-state index in [1.807, 2.05) is 0 Å². The maximum Gasteiger partial charge on any atom is 0.416 e. The van der Waals surface area contributed by atoms with Crippen molar-refractivity contribution in [3.05, 3.63) is 77.1 Å². The van der Waals surface area contributed by atoms with Crippen LogP contribution in [0.1, 0.15) is 5.56 Å². The molecule has 31 heavy (non-hydrogen) atoms. The van der Waals surface area contributed by atoms with Crippen LogP contribution in [-0.4, -0.2) is 18.6 Å². The lowest BCUT2D eigenvalue weighted by Gasteiger charge is -2.10. The summed E-state index contributed by atoms with van der Waals surface area (Å²) in [6.07, 6.45) is -4.60. The van der Waals surface area contributed by atoms with Crippen LogP contribution >= 0.6 is 11.6 Å². The zero-order valence-electron chi connectivity index (χ0n) is 15.3. The van der Waals surface area contributed by atoms with Crippen LogP contribution in [-0.2, 0) is 16.2 Å². The molecule has 0 aliphatic rings. The monoisotopic (exact) mass is 469 g/mol. The summed E-state index contributed by atoms with van der Waals surface area (Å²) in [6, 6.07) is 13.1. The van der Waals surface area contributed by atoms with Gasteiger partial charge in [-0.1, -0.05) is 41.9 Å². The highest BCUT2D eigenvalue weighted by atomic mass is 35.5. The van der Waals surface area contributed by atoms with Crippen LogP contribution in [0, 0.1) is 5.82 Å². The molecule has 0 spiro atoms. The predicted molar refractivity (Wildman–Crippen MR) is 109 cm³/mol. The fraction of sp³-hybridized carbons (Fsp3) is 0.0500. The molecule has 1 heterocycles. The third-order valence-electron chi connectivity index (χ3n) is 4.55. The molecule has 0 aliphatic carbocycles. The summed E-state index contributed by atoms with van der Waals surface area (Å²) in [7, 11) is -4.29. The lowest BCUT2D eigenvalue weighted by molar-refractivity contribution is -0.137. The molecule has 0 aliphatic heterocycles. The molecule has 0 radical (unpaired) electrons. The Hall–Kier alpha value is -3.11. The number of hydrogen-bond donors (Lipinski definition) is 2. The third-order valence-corrected chi connectivity index (χ3v) is 6.27. The van der Waals surface area contributed by atoms with Crippen molar-refractivity contribution < 1.29 is 26.0 Å². The van der Waals surface area contributed by atoms with E-state index in [2.05, 4.69) is 14.9 Å². The molecule has 3 aromatic carbocycles. The Bertz CT molecular complexity index is 1370. The Morgan fingerprint density at radius 2 is 1.65 bits per heavy atom. The Balaban J connectivity index is 1.76. The minimum absolute atomic E-state index is 0.108. The SMILES string of the molecule is O=S(=O)(Nc1n[nH]c2c(F)c(Cl)c(-c3ccccc3)cc12)c1ccc(C(F)(F)F)cc1. The first-order valence-corrected chi connectivity index (χ1v) is 10.6. The van der Waals surface area contributed by atoms with Gasteiger partial charge in [-0.15, -0.1) is 0 Å². The summed E-state index contributed by atoms with van der Waals surface area (Å²) in [5, 5.41) is 6.14. The van der Waals surface area contributed by atoms with E-state index in [-0.39, 0.29) is 21.7 Å². The maximum absolute atomic E-state index is 14.8. The highest BCUT2D eigenvalue weighted by Gasteiger charge is 2.31. The second kappa shape index (κ2) is 7.54. The summed E-state index contributed by atoms with van der Waals surface area (Å²) in [6.45, 7) is 0. The van der Waals surface area contributed by atoms with Gasteiger partial charge in [0.15, 0.2) is 11.6 Å². The van der Waals surface area contributed by atoms with E-state index < -0.39 is 32.5 Å². The van der Waals surface area contributed by atoms with E-state index in [1.54, 1.807) is 30.3 Å². The number of nitrogens with one attached hydrogen (secondary N) is 2. The minimum atomic E-state index is -4.60. The number of benzene rings is 3. The van der Waals surface area contributed by atoms with Crippen molar-refractivity contribution in [3.8, 4) is 11.1 Å². The molecule has 0 fully saturated rings. The molecule has 0 atom stereocenters. The van der Waals surface area contributed by atoms with Crippen LogP contribution in [0.3, 0.4) is 0 Å². The van der Waals surface area contributed by atoms with Crippen molar-refractivity contribution in [1.82, 2.24) is 10.2 Å². The molecule has 1 aromatic heterocycles. The Kier molecular flexibility index (Phi) is 5.14. The number of alkyl halides is 3. The van der Waals surface area contributed by atoms with Gasteiger partial charge in [-0.3, -0.25) is 9.82 Å². The largest absolute Gasteiger partial charge is 0.416 e. The standard InChI is InChI=1S/C20H12ClF4N3O2S/c21-16-14(11-4-2-1-3-5-11)10-15-18(17(16)22)26-27-19(15)28-31(29,30)13-8-6-12(7-9-13)20(23,24)25/h1-10H,(H2,26,27,28). The van der Waals surface area contributed by atoms with Gasteiger partial charge < -0.3 is 0 Å². The molecule has 4 rings (SSSR count). The van der Waals surface area contributed by atoms with E-state index in [4.69, 9.17) is 11.6 Å². The minimum Gasteiger partial charge on any atom is -0.273 e. The summed E-state index contributed by atoms with van der Waals surface area (Å²) in [5.41, 5.74) is -0.176. The van der Waals surface area contributed by atoms with Crippen LogP contribution in [0.15, 0.2) is 65.6 Å². The molecule has 5 nitrogen and oxygen atoms in total. The first-order chi connectivity index (χ1) is 14.6. The van der Waals surface area contributed by atoms with Gasteiger partial charge in [0.05, 0.1) is 15.5 Å². The summed E-state index contributed by atoms with van der Waals surface area (Å²) >= 11 is 6.14. The molecular formula is C20H12ClF4N3O2S. The number of nitrogens with zero attached hydrogens (tertiary/aromatic N) is 1. The molecule has 0 saturated carbocycles. The number of fused-ring (bicyclic) bond motifs is 1. The van der Waals surface area contributed by atoms with E-state index in [9.17, 15) is 26.0 Å². The van der Waals surface area contributed by atoms with E-state index in [0.717, 1.165) is 12.1 Å². The molecule has 160 valence electrons. The Labute approximate surface area is 178 Å². The van der Waals surface area contributed by atoms with Gasteiger partial charge in [0.25, 0.3) is 10.0 Å². The molecule has 0 unspecified atom stereocenters. The van der Waals surface area contributed by atoms with Crippen molar-refractivity contribution in [1.29, 1.82) is 0 Å². The maximum atomic E-state index is 14.8. The number of aromatic amines is 1. The third kappa shape index (κ3) is 3.96. The zero-order chi connectivity index (χ0) is 22.4. The van der Waals surface area contributed by atoms with Gasteiger partial charge in [0.1, 0.15) is 5.52 Å². The molecular weight excluding hydrogens is 458 g/mol. The molecule has 2 N–H and O–H groups in total. The fourth-order valence-corrected chi connectivity index (χ4v) is 4.29. The second-order valence-corrected chi connectivity index (χ2v) is 8.60. The molecule has 0 amide bonds. The van der Waals surface area contributed by atoms with E-state index in [1.165, 1.54) is 6.07 Å². The van der Waals surface area contributed by atoms with Gasteiger partial charge in [-0.2, -0.15) is 18.3 Å². The second-order valence-electron chi connectivity index (χ2n) is 6.54. The van der Waals surface area contributed by atoms with Crippen LogP contribution in [0.2, 0.25) is 5.02 Å². The van der Waals surface area contributed by atoms with Crippen molar-refractivity contribution >= 4 is 38.3 Å². The Morgan fingerprint density at radius 1 is 1.00 bits per heavy atom. The molecule has 0 saturated heterocycles. The van der Waals surface area contributed by atoms with Crippen LogP contribution in [0.4, 0.5) is 23.4 Å². The number of halogens is 5. The molecule has 4 aromatic rings. The van der Waals surface area contributed by atoms with E-state index in [0.29, 0.717) is 23.3 Å². The van der Waals surface area contributed by atoms with Crippen molar-refractivity contribution in [2.75, 3.05) is 4.72 Å². The van der Waals surface area contributed by atoms with Crippen molar-refractivity contribution in [3.63, 3.8) is 0 Å². The predicted octanol–water partition coefficient (Wildman–Crippen LogP) is 5.84. The van der Waals surface area contributed by atoms with Crippen molar-refractivity contribution in [2.24, 2.45) is 0 Å². The number of rotatable bonds is 4. The number of hydrogen-bond acceptors (Lipinski definition) is 3.